The highest BCUT2D eigenvalue weighted by molar-refractivity contribution is 6.03. The number of benzene rings is 1. The Morgan fingerprint density at radius 3 is 2.31 bits per heavy atom. The maximum Gasteiger partial charge on any atom is 0.259 e. The highest BCUT2D eigenvalue weighted by Crippen LogP contribution is 2.20. The van der Waals surface area contributed by atoms with Gasteiger partial charge in [0.25, 0.3) is 5.91 Å². The van der Waals surface area contributed by atoms with Crippen LogP contribution in [0.1, 0.15) is 12.5 Å². The van der Waals surface area contributed by atoms with E-state index in [1.54, 1.807) is 44.4 Å². The van der Waals surface area contributed by atoms with Gasteiger partial charge in [0.15, 0.2) is 0 Å². The number of ether oxygens (including phenoxy) is 1. The molecule has 0 unspecified atom stereocenters. The Hall–Kier alpha value is -2.28. The molecule has 0 fully saturated rings. The molecule has 0 radical (unpaired) electrons. The minimum Gasteiger partial charge on any atom is -0.497 e. The standard InChI is InChI=1S/C12H12N2O2/c1-8(11(7-13)12(14)15)9-3-5-10(16-2)6-4-9/h3-6H,1-2H3,(H2,14,15). The molecule has 82 valence electrons. The van der Waals surface area contributed by atoms with Gasteiger partial charge in [-0.15, -0.1) is 0 Å². The summed E-state index contributed by atoms with van der Waals surface area (Å²) in [4.78, 5) is 11.0. The van der Waals surface area contributed by atoms with Crippen LogP contribution in [0.5, 0.6) is 5.75 Å². The Balaban J connectivity index is 3.18. The van der Waals surface area contributed by atoms with Crippen molar-refractivity contribution in [1.82, 2.24) is 0 Å². The second-order valence-electron chi connectivity index (χ2n) is 3.20. The minimum atomic E-state index is -0.712. The van der Waals surface area contributed by atoms with Gasteiger partial charge in [0, 0.05) is 0 Å². The predicted octanol–water partition coefficient (Wildman–Crippen LogP) is 1.48. The van der Waals surface area contributed by atoms with Crippen molar-refractivity contribution in [2.45, 2.75) is 6.92 Å². The molecule has 0 saturated carbocycles. The van der Waals surface area contributed by atoms with Crippen LogP contribution in [0.3, 0.4) is 0 Å². The summed E-state index contributed by atoms with van der Waals surface area (Å²) in [6.45, 7) is 1.69. The maximum absolute atomic E-state index is 11.0. The average molecular weight is 216 g/mol. The molecule has 1 rings (SSSR count). The molecule has 1 aromatic carbocycles. The third-order valence-corrected chi connectivity index (χ3v) is 2.26. The molecule has 16 heavy (non-hydrogen) atoms. The Morgan fingerprint density at radius 1 is 1.38 bits per heavy atom. The number of methoxy groups -OCH3 is 1. The van der Waals surface area contributed by atoms with E-state index in [-0.39, 0.29) is 5.57 Å². The molecule has 4 nitrogen and oxygen atoms in total. The van der Waals surface area contributed by atoms with E-state index in [0.29, 0.717) is 11.3 Å². The lowest BCUT2D eigenvalue weighted by Gasteiger charge is -2.04. The number of carbonyl (C=O) groups is 1. The zero-order valence-corrected chi connectivity index (χ0v) is 9.15. The largest absolute Gasteiger partial charge is 0.497 e. The fourth-order valence-corrected chi connectivity index (χ4v) is 1.31. The number of carbonyl (C=O) groups excluding carboxylic acids is 1. The number of rotatable bonds is 3. The summed E-state index contributed by atoms with van der Waals surface area (Å²) in [7, 11) is 1.57. The smallest absolute Gasteiger partial charge is 0.259 e. The van der Waals surface area contributed by atoms with Crippen LogP contribution in [0.15, 0.2) is 29.8 Å². The second-order valence-corrected chi connectivity index (χ2v) is 3.20. The van der Waals surface area contributed by atoms with Gasteiger partial charge >= 0.3 is 0 Å². The summed E-state index contributed by atoms with van der Waals surface area (Å²) in [6.07, 6.45) is 0. The lowest BCUT2D eigenvalue weighted by molar-refractivity contribution is -0.114. The number of primary amides is 1. The fraction of sp³-hybridized carbons (Fsp3) is 0.167. The molecule has 2 N–H and O–H groups in total. The molecule has 1 aromatic rings. The van der Waals surface area contributed by atoms with E-state index in [0.717, 1.165) is 5.56 Å². The van der Waals surface area contributed by atoms with Crippen LogP contribution >= 0.6 is 0 Å². The Bertz CT molecular complexity index is 467. The molecule has 0 bridgehead atoms. The number of allylic oxidation sites excluding steroid dienone is 1. The maximum atomic E-state index is 11.0. The molecule has 0 saturated heterocycles. The van der Waals surface area contributed by atoms with Crippen molar-refractivity contribution in [3.05, 3.63) is 35.4 Å². The fourth-order valence-electron chi connectivity index (χ4n) is 1.31. The van der Waals surface area contributed by atoms with Crippen molar-refractivity contribution >= 4 is 11.5 Å². The SMILES string of the molecule is COc1ccc(C(C)=C(C#N)C(N)=O)cc1. The lowest BCUT2D eigenvalue weighted by Crippen LogP contribution is -2.13. The van der Waals surface area contributed by atoms with E-state index in [4.69, 9.17) is 15.7 Å². The predicted molar refractivity (Wildman–Crippen MR) is 60.4 cm³/mol. The van der Waals surface area contributed by atoms with Crippen LogP contribution in [-0.4, -0.2) is 13.0 Å². The summed E-state index contributed by atoms with van der Waals surface area (Å²) in [5.74, 6) is 0.00458. The van der Waals surface area contributed by atoms with Gasteiger partial charge in [-0.1, -0.05) is 12.1 Å². The number of amides is 1. The van der Waals surface area contributed by atoms with Gasteiger partial charge in [-0.3, -0.25) is 4.79 Å². The highest BCUT2D eigenvalue weighted by atomic mass is 16.5. The van der Waals surface area contributed by atoms with Gasteiger partial charge in [-0.05, 0) is 30.2 Å². The lowest BCUT2D eigenvalue weighted by atomic mass is 10.0. The molecule has 1 amide bonds. The number of nitrogens with two attached hydrogens (primary N) is 1. The van der Waals surface area contributed by atoms with E-state index in [2.05, 4.69) is 0 Å². The van der Waals surface area contributed by atoms with Gasteiger partial charge < -0.3 is 10.5 Å². The highest BCUT2D eigenvalue weighted by Gasteiger charge is 2.09. The zero-order chi connectivity index (χ0) is 12.1. The van der Waals surface area contributed by atoms with Gasteiger partial charge in [0.05, 0.1) is 7.11 Å². The zero-order valence-electron chi connectivity index (χ0n) is 9.15. The van der Waals surface area contributed by atoms with E-state index < -0.39 is 5.91 Å². The van der Waals surface area contributed by atoms with Crippen molar-refractivity contribution in [3.8, 4) is 11.8 Å². The molecule has 0 aliphatic rings. The van der Waals surface area contributed by atoms with Gasteiger partial charge in [0.1, 0.15) is 17.4 Å². The third-order valence-electron chi connectivity index (χ3n) is 2.26. The van der Waals surface area contributed by atoms with Crippen LogP contribution in [0.25, 0.3) is 5.57 Å². The quantitative estimate of drug-likeness (QED) is 0.614. The van der Waals surface area contributed by atoms with Crippen LogP contribution in [-0.2, 0) is 4.79 Å². The Kier molecular flexibility index (Phi) is 3.67. The third kappa shape index (κ3) is 2.39. The monoisotopic (exact) mass is 216 g/mol. The molecule has 0 aliphatic heterocycles. The Morgan fingerprint density at radius 2 is 1.94 bits per heavy atom. The topological polar surface area (TPSA) is 76.1 Å². The summed E-state index contributed by atoms with van der Waals surface area (Å²) in [6, 6.07) is 8.86. The second kappa shape index (κ2) is 4.99. The van der Waals surface area contributed by atoms with Crippen LogP contribution in [0.4, 0.5) is 0 Å². The number of nitrogens with zero attached hydrogens (tertiary/aromatic N) is 1. The first-order valence-corrected chi connectivity index (χ1v) is 4.65. The molecule has 0 heterocycles. The number of hydrogen-bond acceptors (Lipinski definition) is 3. The molecular formula is C12H12N2O2. The van der Waals surface area contributed by atoms with Gasteiger partial charge in [-0.2, -0.15) is 5.26 Å². The van der Waals surface area contributed by atoms with Gasteiger partial charge in [0.2, 0.25) is 0 Å². The summed E-state index contributed by atoms with van der Waals surface area (Å²) in [5.41, 5.74) is 6.42. The number of nitriles is 1. The normalized spacial score (nSPS) is 11.3. The van der Waals surface area contributed by atoms with E-state index in [1.807, 2.05) is 0 Å². The van der Waals surface area contributed by atoms with Crippen molar-refractivity contribution in [2.75, 3.05) is 7.11 Å². The van der Waals surface area contributed by atoms with Crippen molar-refractivity contribution in [1.29, 1.82) is 5.26 Å². The average Bonchev–Trinajstić information content (AvgIpc) is 2.29. The van der Waals surface area contributed by atoms with E-state index in [9.17, 15) is 4.79 Å². The molecule has 0 atom stereocenters. The number of hydrogen-bond donors (Lipinski definition) is 1. The molecule has 0 aliphatic carbocycles. The first kappa shape index (κ1) is 11.8. The Labute approximate surface area is 93.9 Å². The summed E-state index contributed by atoms with van der Waals surface area (Å²) >= 11 is 0. The minimum absolute atomic E-state index is 0.0230. The first-order valence-electron chi connectivity index (χ1n) is 4.65. The van der Waals surface area contributed by atoms with Crippen LogP contribution in [0.2, 0.25) is 0 Å². The summed E-state index contributed by atoms with van der Waals surface area (Å²) < 4.78 is 5.01. The van der Waals surface area contributed by atoms with Crippen molar-refractivity contribution in [2.24, 2.45) is 5.73 Å². The van der Waals surface area contributed by atoms with Crippen molar-refractivity contribution in [3.63, 3.8) is 0 Å². The van der Waals surface area contributed by atoms with Gasteiger partial charge in [-0.25, -0.2) is 0 Å². The summed E-state index contributed by atoms with van der Waals surface area (Å²) in [5, 5.41) is 8.80. The molecular weight excluding hydrogens is 204 g/mol. The molecule has 4 heteroatoms. The molecule has 0 spiro atoms. The first-order chi connectivity index (χ1) is 7.60. The van der Waals surface area contributed by atoms with E-state index >= 15 is 0 Å². The molecule has 0 aromatic heterocycles. The van der Waals surface area contributed by atoms with Crippen LogP contribution < -0.4 is 10.5 Å². The van der Waals surface area contributed by atoms with Crippen molar-refractivity contribution < 1.29 is 9.53 Å². The van der Waals surface area contributed by atoms with E-state index in [1.165, 1.54) is 0 Å². The van der Waals surface area contributed by atoms with Crippen LogP contribution in [0, 0.1) is 11.3 Å².